The van der Waals surface area contributed by atoms with E-state index in [4.69, 9.17) is 5.73 Å². The topological polar surface area (TPSA) is 43.1 Å². The van der Waals surface area contributed by atoms with Crippen LogP contribution < -0.4 is 5.73 Å². The predicted molar refractivity (Wildman–Crippen MR) is 57.9 cm³/mol. The minimum atomic E-state index is 0.280. The van der Waals surface area contributed by atoms with E-state index in [9.17, 15) is 4.79 Å². The minimum Gasteiger partial charge on any atom is -0.398 e. The van der Waals surface area contributed by atoms with Crippen molar-refractivity contribution in [2.24, 2.45) is 0 Å². The summed E-state index contributed by atoms with van der Waals surface area (Å²) in [5, 5.41) is 0. The van der Waals surface area contributed by atoms with Crippen molar-refractivity contribution in [3.8, 4) is 11.8 Å². The third kappa shape index (κ3) is 2.37. The van der Waals surface area contributed by atoms with Gasteiger partial charge in [-0.05, 0) is 37.1 Å². The van der Waals surface area contributed by atoms with Crippen LogP contribution in [0.2, 0.25) is 0 Å². The van der Waals surface area contributed by atoms with E-state index < -0.39 is 0 Å². The third-order valence-electron chi connectivity index (χ3n) is 2.01. The molecule has 0 spiro atoms. The van der Waals surface area contributed by atoms with Crippen molar-refractivity contribution < 1.29 is 4.79 Å². The normalized spacial score (nSPS) is 9.00. The molecule has 0 fully saturated rings. The van der Waals surface area contributed by atoms with Gasteiger partial charge in [0.15, 0.2) is 0 Å². The van der Waals surface area contributed by atoms with Crippen molar-refractivity contribution >= 4 is 12.0 Å². The number of nitrogen functional groups attached to an aromatic ring is 1. The van der Waals surface area contributed by atoms with E-state index in [1.165, 1.54) is 0 Å². The van der Waals surface area contributed by atoms with Crippen LogP contribution in [0.15, 0.2) is 12.1 Å². The monoisotopic (exact) mass is 187 g/mol. The molecule has 0 unspecified atom stereocenters. The molecule has 2 N–H and O–H groups in total. The summed E-state index contributed by atoms with van der Waals surface area (Å²) < 4.78 is 0. The van der Waals surface area contributed by atoms with Gasteiger partial charge in [0, 0.05) is 11.3 Å². The van der Waals surface area contributed by atoms with Gasteiger partial charge in [-0.2, -0.15) is 0 Å². The molecule has 0 aromatic heterocycles. The summed E-state index contributed by atoms with van der Waals surface area (Å²) in [5.41, 5.74) is 9.58. The molecule has 1 aromatic carbocycles. The van der Waals surface area contributed by atoms with Crippen LogP contribution in [0.1, 0.15) is 23.1 Å². The lowest BCUT2D eigenvalue weighted by Gasteiger charge is -2.04. The highest BCUT2D eigenvalue weighted by molar-refractivity contribution is 5.58. The second-order valence-corrected chi connectivity index (χ2v) is 3.20. The van der Waals surface area contributed by atoms with E-state index in [-0.39, 0.29) is 6.42 Å². The van der Waals surface area contributed by atoms with Gasteiger partial charge in [0.25, 0.3) is 0 Å². The van der Waals surface area contributed by atoms with Gasteiger partial charge < -0.3 is 10.5 Å². The molecule has 0 amide bonds. The molecule has 0 saturated heterocycles. The number of anilines is 1. The highest BCUT2D eigenvalue weighted by Gasteiger charge is 1.98. The number of aryl methyl sites for hydroxylation is 2. The van der Waals surface area contributed by atoms with Crippen molar-refractivity contribution in [2.75, 3.05) is 5.73 Å². The molecule has 0 heterocycles. The first-order chi connectivity index (χ1) is 6.65. The van der Waals surface area contributed by atoms with Crippen LogP contribution in [0.25, 0.3) is 0 Å². The molecule has 0 aliphatic rings. The molecule has 0 aliphatic heterocycles. The summed E-state index contributed by atoms with van der Waals surface area (Å²) in [4.78, 5) is 10.1. The fourth-order valence-electron chi connectivity index (χ4n) is 1.24. The minimum absolute atomic E-state index is 0.280. The zero-order chi connectivity index (χ0) is 10.6. The van der Waals surface area contributed by atoms with E-state index in [1.54, 1.807) is 0 Å². The van der Waals surface area contributed by atoms with Crippen molar-refractivity contribution in [2.45, 2.75) is 20.3 Å². The molecule has 1 rings (SSSR count). The van der Waals surface area contributed by atoms with Crippen LogP contribution in [0.5, 0.6) is 0 Å². The zero-order valence-electron chi connectivity index (χ0n) is 8.42. The molecule has 2 nitrogen and oxygen atoms in total. The largest absolute Gasteiger partial charge is 0.398 e. The molecule has 14 heavy (non-hydrogen) atoms. The number of carbonyl (C=O) groups is 1. The molecule has 0 bridgehead atoms. The van der Waals surface area contributed by atoms with Crippen LogP contribution in [0.3, 0.4) is 0 Å². The zero-order valence-corrected chi connectivity index (χ0v) is 8.42. The summed E-state index contributed by atoms with van der Waals surface area (Å²) in [7, 11) is 0. The van der Waals surface area contributed by atoms with Crippen LogP contribution in [-0.2, 0) is 4.79 Å². The molecule has 0 radical (unpaired) electrons. The summed E-state index contributed by atoms with van der Waals surface area (Å²) in [5.74, 6) is 5.68. The van der Waals surface area contributed by atoms with Crippen molar-refractivity contribution in [1.82, 2.24) is 0 Å². The van der Waals surface area contributed by atoms with Gasteiger partial charge in [0.1, 0.15) is 6.29 Å². The van der Waals surface area contributed by atoms with E-state index >= 15 is 0 Å². The number of benzene rings is 1. The number of rotatable bonds is 1. The summed E-state index contributed by atoms with van der Waals surface area (Å²) in [6.45, 7) is 3.90. The Labute approximate surface area is 84.1 Å². The van der Waals surface area contributed by atoms with Gasteiger partial charge in [-0.1, -0.05) is 11.8 Å². The predicted octanol–water partition coefficient (Wildman–Crippen LogP) is 1.83. The lowest BCUT2D eigenvalue weighted by molar-refractivity contribution is -0.107. The van der Waals surface area contributed by atoms with Gasteiger partial charge in [-0.3, -0.25) is 0 Å². The number of hydrogen-bond donors (Lipinski definition) is 1. The Balaban J connectivity index is 3.02. The van der Waals surface area contributed by atoms with Gasteiger partial charge in [-0.15, -0.1) is 0 Å². The third-order valence-corrected chi connectivity index (χ3v) is 2.01. The Kier molecular flexibility index (Phi) is 3.30. The Morgan fingerprint density at radius 3 is 2.43 bits per heavy atom. The molecule has 1 aromatic rings. The highest BCUT2D eigenvalue weighted by Crippen LogP contribution is 2.17. The molecular weight excluding hydrogens is 174 g/mol. The Bertz CT molecular complexity index is 387. The summed E-state index contributed by atoms with van der Waals surface area (Å²) >= 11 is 0. The maximum absolute atomic E-state index is 10.1. The number of nitrogens with two attached hydrogens (primary N) is 1. The molecule has 0 saturated carbocycles. The lowest BCUT2D eigenvalue weighted by atomic mass is 10.1. The van der Waals surface area contributed by atoms with Gasteiger partial charge in [-0.25, -0.2) is 0 Å². The number of hydrogen-bond acceptors (Lipinski definition) is 2. The Morgan fingerprint density at radius 2 is 1.93 bits per heavy atom. The number of aldehydes is 1. The second kappa shape index (κ2) is 4.48. The lowest BCUT2D eigenvalue weighted by Crippen LogP contribution is -1.94. The molecular formula is C12H13NO. The van der Waals surface area contributed by atoms with Gasteiger partial charge >= 0.3 is 0 Å². The van der Waals surface area contributed by atoms with Crippen molar-refractivity contribution in [1.29, 1.82) is 0 Å². The van der Waals surface area contributed by atoms with Crippen LogP contribution in [-0.4, -0.2) is 6.29 Å². The van der Waals surface area contributed by atoms with Crippen molar-refractivity contribution in [3.63, 3.8) is 0 Å². The van der Waals surface area contributed by atoms with Crippen LogP contribution in [0.4, 0.5) is 5.69 Å². The standard InChI is InChI=1S/C12H13NO/c1-9-7-11(5-3-4-6-14)8-10(2)12(9)13/h6-8H,4,13H2,1-2H3. The molecule has 0 aliphatic carbocycles. The average molecular weight is 187 g/mol. The Hall–Kier alpha value is -1.75. The molecule has 72 valence electrons. The maximum atomic E-state index is 10.1. The van der Waals surface area contributed by atoms with Crippen molar-refractivity contribution in [3.05, 3.63) is 28.8 Å². The summed E-state index contributed by atoms with van der Waals surface area (Å²) in [6, 6.07) is 3.86. The fourth-order valence-corrected chi connectivity index (χ4v) is 1.24. The first-order valence-corrected chi connectivity index (χ1v) is 4.44. The highest BCUT2D eigenvalue weighted by atomic mass is 16.1. The van der Waals surface area contributed by atoms with Gasteiger partial charge in [0.05, 0.1) is 6.42 Å². The van der Waals surface area contributed by atoms with E-state index in [1.807, 2.05) is 26.0 Å². The average Bonchev–Trinajstić information content (AvgIpc) is 2.14. The fraction of sp³-hybridized carbons (Fsp3) is 0.250. The van der Waals surface area contributed by atoms with Gasteiger partial charge in [0.2, 0.25) is 0 Å². The number of carbonyl (C=O) groups excluding carboxylic acids is 1. The quantitative estimate of drug-likeness (QED) is 0.414. The Morgan fingerprint density at radius 1 is 1.36 bits per heavy atom. The van der Waals surface area contributed by atoms with E-state index in [0.29, 0.717) is 0 Å². The molecule has 0 atom stereocenters. The SMILES string of the molecule is Cc1cc(C#CCC=O)cc(C)c1N. The van der Waals surface area contributed by atoms with E-state index in [2.05, 4.69) is 11.8 Å². The van der Waals surface area contributed by atoms with E-state index in [0.717, 1.165) is 28.7 Å². The maximum Gasteiger partial charge on any atom is 0.131 e. The van der Waals surface area contributed by atoms with Crippen LogP contribution >= 0.6 is 0 Å². The smallest absolute Gasteiger partial charge is 0.131 e. The van der Waals surface area contributed by atoms with Crippen LogP contribution in [0, 0.1) is 25.7 Å². The first kappa shape index (κ1) is 10.3. The second-order valence-electron chi connectivity index (χ2n) is 3.20. The summed E-state index contributed by atoms with van der Waals surface area (Å²) in [6.07, 6.45) is 1.08. The molecule has 2 heteroatoms. The first-order valence-electron chi connectivity index (χ1n) is 4.44.